The molecule has 0 saturated carbocycles. The molecule has 0 spiro atoms. The van der Waals surface area contributed by atoms with Gasteiger partial charge < -0.3 is 10.1 Å². The summed E-state index contributed by atoms with van der Waals surface area (Å²) in [5.41, 5.74) is 3.43. The SMILES string of the molecule is COCCN=C(NN)NC(C)c1ccc(F)cc1. The Morgan fingerprint density at radius 2 is 2.11 bits per heavy atom. The van der Waals surface area contributed by atoms with Crippen molar-refractivity contribution in [1.82, 2.24) is 10.7 Å². The summed E-state index contributed by atoms with van der Waals surface area (Å²) < 4.78 is 17.7. The standard InChI is InChI=1S/C12H19FN4O/c1-9(10-3-5-11(13)6-4-10)16-12(17-14)15-7-8-18-2/h3-6,9H,7-8,14H2,1-2H3,(H2,15,16,17). The number of benzene rings is 1. The van der Waals surface area contributed by atoms with Crippen molar-refractivity contribution in [1.29, 1.82) is 0 Å². The van der Waals surface area contributed by atoms with Crippen LogP contribution in [0.4, 0.5) is 4.39 Å². The van der Waals surface area contributed by atoms with Crippen molar-refractivity contribution in [2.45, 2.75) is 13.0 Å². The van der Waals surface area contributed by atoms with Gasteiger partial charge in [-0.1, -0.05) is 12.1 Å². The molecule has 4 N–H and O–H groups in total. The van der Waals surface area contributed by atoms with Gasteiger partial charge in [-0.25, -0.2) is 15.2 Å². The number of hydrogen-bond donors (Lipinski definition) is 3. The zero-order valence-corrected chi connectivity index (χ0v) is 10.6. The molecular weight excluding hydrogens is 235 g/mol. The minimum absolute atomic E-state index is 0.0251. The zero-order chi connectivity index (χ0) is 13.4. The van der Waals surface area contributed by atoms with E-state index in [4.69, 9.17) is 10.6 Å². The van der Waals surface area contributed by atoms with Gasteiger partial charge in [-0.2, -0.15) is 0 Å². The first-order valence-corrected chi connectivity index (χ1v) is 5.69. The van der Waals surface area contributed by atoms with Gasteiger partial charge in [0, 0.05) is 7.11 Å². The van der Waals surface area contributed by atoms with Crippen LogP contribution in [0.1, 0.15) is 18.5 Å². The molecule has 100 valence electrons. The molecule has 0 aliphatic rings. The molecule has 1 unspecified atom stereocenters. The Hall–Kier alpha value is -1.66. The second-order valence-corrected chi connectivity index (χ2v) is 3.79. The first-order valence-electron chi connectivity index (χ1n) is 5.69. The van der Waals surface area contributed by atoms with Crippen molar-refractivity contribution in [2.24, 2.45) is 10.8 Å². The minimum atomic E-state index is -0.253. The highest BCUT2D eigenvalue weighted by atomic mass is 19.1. The number of rotatable bonds is 5. The average molecular weight is 254 g/mol. The lowest BCUT2D eigenvalue weighted by Gasteiger charge is -2.16. The predicted molar refractivity (Wildman–Crippen MR) is 69.5 cm³/mol. The van der Waals surface area contributed by atoms with Crippen molar-refractivity contribution in [2.75, 3.05) is 20.3 Å². The lowest BCUT2D eigenvalue weighted by Crippen LogP contribution is -2.42. The van der Waals surface area contributed by atoms with E-state index in [1.807, 2.05) is 6.92 Å². The maximum Gasteiger partial charge on any atom is 0.206 e. The molecule has 1 aromatic rings. The second-order valence-electron chi connectivity index (χ2n) is 3.79. The number of methoxy groups -OCH3 is 1. The van der Waals surface area contributed by atoms with Crippen LogP contribution in [0.3, 0.4) is 0 Å². The van der Waals surface area contributed by atoms with Gasteiger partial charge in [0.25, 0.3) is 0 Å². The van der Waals surface area contributed by atoms with Crippen molar-refractivity contribution < 1.29 is 9.13 Å². The molecule has 0 heterocycles. The number of nitrogens with two attached hydrogens (primary N) is 1. The van der Waals surface area contributed by atoms with Crippen LogP contribution in [0, 0.1) is 5.82 Å². The first kappa shape index (κ1) is 14.4. The molecule has 0 radical (unpaired) electrons. The van der Waals surface area contributed by atoms with E-state index in [0.29, 0.717) is 19.1 Å². The average Bonchev–Trinajstić information content (AvgIpc) is 2.38. The molecule has 1 aromatic carbocycles. The maximum atomic E-state index is 12.8. The fourth-order valence-corrected chi connectivity index (χ4v) is 1.42. The molecule has 1 atom stereocenters. The van der Waals surface area contributed by atoms with E-state index in [2.05, 4.69) is 15.7 Å². The highest BCUT2D eigenvalue weighted by molar-refractivity contribution is 5.79. The normalized spacial score (nSPS) is 13.2. The number of halogens is 1. The van der Waals surface area contributed by atoms with Gasteiger partial charge in [0.2, 0.25) is 5.96 Å². The summed E-state index contributed by atoms with van der Waals surface area (Å²) in [5.74, 6) is 5.58. The largest absolute Gasteiger partial charge is 0.383 e. The lowest BCUT2D eigenvalue weighted by atomic mass is 10.1. The third-order valence-corrected chi connectivity index (χ3v) is 2.43. The van der Waals surface area contributed by atoms with Crippen LogP contribution in [0.2, 0.25) is 0 Å². The molecule has 5 nitrogen and oxygen atoms in total. The summed E-state index contributed by atoms with van der Waals surface area (Å²) in [5, 5.41) is 3.10. The third kappa shape index (κ3) is 4.68. The van der Waals surface area contributed by atoms with Crippen LogP contribution < -0.4 is 16.6 Å². The smallest absolute Gasteiger partial charge is 0.206 e. The Balaban J connectivity index is 2.58. The van der Waals surface area contributed by atoms with Gasteiger partial charge in [0.05, 0.1) is 19.2 Å². The number of ether oxygens (including phenoxy) is 1. The van der Waals surface area contributed by atoms with Crippen molar-refractivity contribution in [3.8, 4) is 0 Å². The maximum absolute atomic E-state index is 12.8. The summed E-state index contributed by atoms with van der Waals surface area (Å²) >= 11 is 0. The van der Waals surface area contributed by atoms with E-state index in [-0.39, 0.29) is 11.9 Å². The summed E-state index contributed by atoms with van der Waals surface area (Å²) in [6, 6.07) is 6.26. The number of nitrogens with zero attached hydrogens (tertiary/aromatic N) is 1. The van der Waals surface area contributed by atoms with Crippen LogP contribution in [-0.4, -0.2) is 26.2 Å². The monoisotopic (exact) mass is 254 g/mol. The Morgan fingerprint density at radius 1 is 1.44 bits per heavy atom. The fourth-order valence-electron chi connectivity index (χ4n) is 1.42. The molecule has 0 aliphatic heterocycles. The van der Waals surface area contributed by atoms with Crippen molar-refractivity contribution in [3.05, 3.63) is 35.6 Å². The Morgan fingerprint density at radius 3 is 2.67 bits per heavy atom. The molecule has 0 bridgehead atoms. The summed E-state index contributed by atoms with van der Waals surface area (Å²) in [4.78, 5) is 4.19. The summed E-state index contributed by atoms with van der Waals surface area (Å²) in [6.45, 7) is 2.98. The summed E-state index contributed by atoms with van der Waals surface area (Å²) in [7, 11) is 1.61. The second kappa shape index (κ2) is 7.62. The Bertz CT molecular complexity index is 380. The van der Waals surface area contributed by atoms with Crippen LogP contribution >= 0.6 is 0 Å². The highest BCUT2D eigenvalue weighted by Gasteiger charge is 2.07. The van der Waals surface area contributed by atoms with Crippen LogP contribution in [0.5, 0.6) is 0 Å². The molecule has 1 rings (SSSR count). The topological polar surface area (TPSA) is 71.7 Å². The minimum Gasteiger partial charge on any atom is -0.383 e. The Labute approximate surface area is 106 Å². The quantitative estimate of drug-likeness (QED) is 0.240. The van der Waals surface area contributed by atoms with Gasteiger partial charge in [-0.3, -0.25) is 5.43 Å². The van der Waals surface area contributed by atoms with E-state index >= 15 is 0 Å². The van der Waals surface area contributed by atoms with Crippen LogP contribution in [-0.2, 0) is 4.74 Å². The van der Waals surface area contributed by atoms with E-state index in [1.54, 1.807) is 19.2 Å². The van der Waals surface area contributed by atoms with E-state index in [9.17, 15) is 4.39 Å². The van der Waals surface area contributed by atoms with Gasteiger partial charge >= 0.3 is 0 Å². The van der Waals surface area contributed by atoms with E-state index in [0.717, 1.165) is 5.56 Å². The van der Waals surface area contributed by atoms with Crippen molar-refractivity contribution in [3.63, 3.8) is 0 Å². The van der Waals surface area contributed by atoms with Gasteiger partial charge in [-0.05, 0) is 24.6 Å². The number of hydrogen-bond acceptors (Lipinski definition) is 3. The molecule has 0 amide bonds. The third-order valence-electron chi connectivity index (χ3n) is 2.43. The molecule has 0 aliphatic carbocycles. The fraction of sp³-hybridized carbons (Fsp3) is 0.417. The van der Waals surface area contributed by atoms with E-state index in [1.165, 1.54) is 12.1 Å². The lowest BCUT2D eigenvalue weighted by molar-refractivity contribution is 0.208. The van der Waals surface area contributed by atoms with Crippen molar-refractivity contribution >= 4 is 5.96 Å². The van der Waals surface area contributed by atoms with Gasteiger partial charge in [-0.15, -0.1) is 0 Å². The number of hydrazine groups is 1. The number of nitrogens with one attached hydrogen (secondary N) is 2. The number of guanidine groups is 1. The number of aliphatic imine (C=N–C) groups is 1. The van der Waals surface area contributed by atoms with Gasteiger partial charge in [0.1, 0.15) is 5.82 Å². The van der Waals surface area contributed by atoms with Crippen LogP contribution in [0.15, 0.2) is 29.3 Å². The molecule has 6 heteroatoms. The van der Waals surface area contributed by atoms with Crippen LogP contribution in [0.25, 0.3) is 0 Å². The Kier molecular flexibility index (Phi) is 6.10. The molecule has 0 aromatic heterocycles. The first-order chi connectivity index (χ1) is 8.67. The highest BCUT2D eigenvalue weighted by Crippen LogP contribution is 2.12. The summed E-state index contributed by atoms with van der Waals surface area (Å²) in [6.07, 6.45) is 0. The molecule has 18 heavy (non-hydrogen) atoms. The molecule has 0 saturated heterocycles. The zero-order valence-electron chi connectivity index (χ0n) is 10.6. The molecular formula is C12H19FN4O. The molecule has 0 fully saturated rings. The van der Waals surface area contributed by atoms with E-state index < -0.39 is 0 Å². The predicted octanol–water partition coefficient (Wildman–Crippen LogP) is 0.942. The van der Waals surface area contributed by atoms with Gasteiger partial charge in [0.15, 0.2) is 0 Å².